The van der Waals surface area contributed by atoms with Gasteiger partial charge in [-0.3, -0.25) is 0 Å². The first kappa shape index (κ1) is 17.1. The molecule has 1 unspecified atom stereocenters. The smallest absolute Gasteiger partial charge is 0.339 e. The minimum absolute atomic E-state index is 0.160. The van der Waals surface area contributed by atoms with Gasteiger partial charge in [-0.15, -0.1) is 0 Å². The van der Waals surface area contributed by atoms with Crippen molar-refractivity contribution in [3.63, 3.8) is 0 Å². The van der Waals surface area contributed by atoms with E-state index in [-0.39, 0.29) is 10.8 Å². The molecule has 0 saturated heterocycles. The first-order chi connectivity index (χ1) is 12.5. The summed E-state index contributed by atoms with van der Waals surface area (Å²) >= 11 is 0. The molecule has 0 spiro atoms. The largest absolute Gasteiger partial charge is 0.384 e. The maximum Gasteiger partial charge on any atom is 0.339 e. The molecule has 2 aromatic carbocycles. The summed E-state index contributed by atoms with van der Waals surface area (Å²) in [5.41, 5.74) is 3.58. The van der Waals surface area contributed by atoms with Crippen LogP contribution in [0.2, 0.25) is 0 Å². The number of likely N-dealkylation sites (N-methyl/N-ethyl adjacent to an activating group) is 1. The molecule has 2 aliphatic heterocycles. The zero-order valence-electron chi connectivity index (χ0n) is 14.7. The summed E-state index contributed by atoms with van der Waals surface area (Å²) in [5.74, 6) is 0.636. The fourth-order valence-corrected chi connectivity index (χ4v) is 4.50. The first-order valence-electron chi connectivity index (χ1n) is 8.78. The highest BCUT2D eigenvalue weighted by Gasteiger charge is 2.28. The van der Waals surface area contributed by atoms with Crippen molar-refractivity contribution in [3.8, 4) is 5.75 Å². The summed E-state index contributed by atoms with van der Waals surface area (Å²) in [6.07, 6.45) is 3.33. The summed E-state index contributed by atoms with van der Waals surface area (Å²) in [7, 11) is -1.70. The molecule has 4 rings (SSSR count). The number of anilines is 1. The predicted octanol–water partition coefficient (Wildman–Crippen LogP) is 3.23. The molecule has 2 aromatic rings. The van der Waals surface area contributed by atoms with Crippen LogP contribution in [0.4, 0.5) is 5.69 Å². The van der Waals surface area contributed by atoms with Gasteiger partial charge in [0.25, 0.3) is 0 Å². The highest BCUT2D eigenvalue weighted by Crippen LogP contribution is 2.40. The first-order valence-corrected chi connectivity index (χ1v) is 10.2. The molecule has 0 amide bonds. The van der Waals surface area contributed by atoms with Gasteiger partial charge in [-0.1, -0.05) is 29.8 Å². The molecule has 0 saturated carbocycles. The quantitative estimate of drug-likeness (QED) is 0.661. The van der Waals surface area contributed by atoms with Crippen molar-refractivity contribution >= 4 is 15.8 Å². The van der Waals surface area contributed by atoms with Gasteiger partial charge in [0, 0.05) is 31.2 Å². The van der Waals surface area contributed by atoms with E-state index in [9.17, 15) is 8.42 Å². The number of rotatable bonds is 4. The van der Waals surface area contributed by atoms with Crippen molar-refractivity contribution in [2.45, 2.75) is 17.2 Å². The molecule has 0 aromatic heterocycles. The van der Waals surface area contributed by atoms with Crippen LogP contribution in [-0.4, -0.2) is 40.0 Å². The van der Waals surface area contributed by atoms with E-state index in [0.29, 0.717) is 5.75 Å². The fourth-order valence-electron chi connectivity index (χ4n) is 3.56. The van der Waals surface area contributed by atoms with E-state index in [1.54, 1.807) is 24.3 Å². The van der Waals surface area contributed by atoms with Gasteiger partial charge in [0.2, 0.25) is 0 Å². The third-order valence-electron chi connectivity index (χ3n) is 5.03. The maximum atomic E-state index is 12.5. The third-order valence-corrected chi connectivity index (χ3v) is 6.29. The van der Waals surface area contributed by atoms with Crippen molar-refractivity contribution in [2.75, 3.05) is 32.0 Å². The van der Waals surface area contributed by atoms with Crippen molar-refractivity contribution in [1.29, 1.82) is 0 Å². The molecule has 6 heteroatoms. The summed E-state index contributed by atoms with van der Waals surface area (Å²) in [4.78, 5) is 2.45. The van der Waals surface area contributed by atoms with Crippen LogP contribution in [0, 0.1) is 0 Å². The minimum Gasteiger partial charge on any atom is -0.384 e. The van der Waals surface area contributed by atoms with E-state index in [0.717, 1.165) is 37.3 Å². The van der Waals surface area contributed by atoms with Gasteiger partial charge < -0.3 is 14.4 Å². The number of nitrogens with one attached hydrogen (secondary N) is 1. The normalized spacial score (nSPS) is 20.2. The molecular weight excluding hydrogens is 348 g/mol. The van der Waals surface area contributed by atoms with Gasteiger partial charge >= 0.3 is 10.1 Å². The minimum atomic E-state index is -3.82. The van der Waals surface area contributed by atoms with E-state index < -0.39 is 10.1 Å². The lowest BCUT2D eigenvalue weighted by Crippen LogP contribution is -2.26. The van der Waals surface area contributed by atoms with E-state index in [1.165, 1.54) is 17.7 Å². The molecule has 2 heterocycles. The number of nitrogens with zero attached hydrogens (tertiary/aromatic N) is 1. The highest BCUT2D eigenvalue weighted by atomic mass is 32.2. The Morgan fingerprint density at radius 3 is 2.69 bits per heavy atom. The zero-order valence-corrected chi connectivity index (χ0v) is 15.5. The number of fused-ring (bicyclic) bond motifs is 1. The van der Waals surface area contributed by atoms with Gasteiger partial charge in [-0.25, -0.2) is 0 Å². The van der Waals surface area contributed by atoms with Gasteiger partial charge in [-0.05, 0) is 49.4 Å². The molecule has 26 heavy (non-hydrogen) atoms. The Morgan fingerprint density at radius 2 is 1.96 bits per heavy atom. The second kappa shape index (κ2) is 6.78. The topological polar surface area (TPSA) is 58.6 Å². The Hall–Kier alpha value is -2.31. The molecule has 0 aliphatic carbocycles. The SMILES string of the molecule is CN1CC=C(C2CNc3ccc(OS(=O)(=O)c4ccccc4)cc32)CC1. The van der Waals surface area contributed by atoms with Crippen LogP contribution in [0.3, 0.4) is 0 Å². The standard InChI is InChI=1S/C20H22N2O3S/c1-22-11-9-15(10-12-22)19-14-21-20-8-7-16(13-18(19)20)25-26(23,24)17-5-3-2-4-6-17/h2-9,13,19,21H,10-12,14H2,1H3. The van der Waals surface area contributed by atoms with E-state index >= 15 is 0 Å². The average Bonchev–Trinajstić information content (AvgIpc) is 3.06. The molecule has 5 nitrogen and oxygen atoms in total. The molecule has 1 atom stereocenters. The molecular formula is C20H22N2O3S. The number of hydrogen-bond acceptors (Lipinski definition) is 5. The molecule has 1 N–H and O–H groups in total. The van der Waals surface area contributed by atoms with Crippen LogP contribution in [0.15, 0.2) is 65.1 Å². The van der Waals surface area contributed by atoms with Gasteiger partial charge in [0.1, 0.15) is 10.6 Å². The van der Waals surface area contributed by atoms with Crippen LogP contribution in [0.1, 0.15) is 17.9 Å². The summed E-state index contributed by atoms with van der Waals surface area (Å²) < 4.78 is 30.3. The average molecular weight is 370 g/mol. The lowest BCUT2D eigenvalue weighted by Gasteiger charge is -2.25. The Bertz CT molecular complexity index is 939. The van der Waals surface area contributed by atoms with Crippen molar-refractivity contribution < 1.29 is 12.6 Å². The van der Waals surface area contributed by atoms with Crippen LogP contribution in [0.25, 0.3) is 0 Å². The Balaban J connectivity index is 1.60. The van der Waals surface area contributed by atoms with Gasteiger partial charge in [0.05, 0.1) is 0 Å². The van der Waals surface area contributed by atoms with E-state index in [2.05, 4.69) is 23.3 Å². The second-order valence-electron chi connectivity index (χ2n) is 6.82. The van der Waals surface area contributed by atoms with Crippen LogP contribution >= 0.6 is 0 Å². The Morgan fingerprint density at radius 1 is 1.15 bits per heavy atom. The van der Waals surface area contributed by atoms with Crippen LogP contribution in [0.5, 0.6) is 5.75 Å². The van der Waals surface area contributed by atoms with Gasteiger partial charge in [-0.2, -0.15) is 8.42 Å². The molecule has 2 aliphatic rings. The summed E-state index contributed by atoms with van der Waals surface area (Å²) in [5, 5.41) is 3.42. The maximum absolute atomic E-state index is 12.5. The number of benzene rings is 2. The van der Waals surface area contributed by atoms with Gasteiger partial charge in [0.15, 0.2) is 0 Å². The van der Waals surface area contributed by atoms with Crippen LogP contribution in [-0.2, 0) is 10.1 Å². The summed E-state index contributed by atoms with van der Waals surface area (Å²) in [6.45, 7) is 2.86. The lowest BCUT2D eigenvalue weighted by atomic mass is 9.89. The van der Waals surface area contributed by atoms with Crippen molar-refractivity contribution in [3.05, 3.63) is 65.7 Å². The predicted molar refractivity (Wildman–Crippen MR) is 102 cm³/mol. The highest BCUT2D eigenvalue weighted by molar-refractivity contribution is 7.87. The van der Waals surface area contributed by atoms with E-state index in [4.69, 9.17) is 4.18 Å². The Labute approximate surface area is 154 Å². The zero-order chi connectivity index (χ0) is 18.1. The summed E-state index contributed by atoms with van der Waals surface area (Å²) in [6, 6.07) is 13.7. The lowest BCUT2D eigenvalue weighted by molar-refractivity contribution is 0.354. The second-order valence-corrected chi connectivity index (χ2v) is 8.37. The Kier molecular flexibility index (Phi) is 4.46. The molecule has 136 valence electrons. The van der Waals surface area contributed by atoms with Crippen molar-refractivity contribution in [1.82, 2.24) is 4.90 Å². The number of hydrogen-bond donors (Lipinski definition) is 1. The monoisotopic (exact) mass is 370 g/mol. The van der Waals surface area contributed by atoms with Crippen molar-refractivity contribution in [2.24, 2.45) is 0 Å². The fraction of sp³-hybridized carbons (Fsp3) is 0.300. The molecule has 0 radical (unpaired) electrons. The molecule has 0 fully saturated rings. The third kappa shape index (κ3) is 3.34. The molecule has 0 bridgehead atoms. The van der Waals surface area contributed by atoms with E-state index in [1.807, 2.05) is 12.1 Å². The van der Waals surface area contributed by atoms with Crippen LogP contribution < -0.4 is 9.50 Å².